The van der Waals surface area contributed by atoms with Crippen molar-refractivity contribution in [3.63, 3.8) is 0 Å². The monoisotopic (exact) mass is 318 g/mol. The SMILES string of the molecule is Fc1ccc(Br)c(NCc2c[nH]c3ccccc23)c1. The van der Waals surface area contributed by atoms with Gasteiger partial charge in [-0.15, -0.1) is 0 Å². The number of anilines is 1. The average molecular weight is 319 g/mol. The van der Waals surface area contributed by atoms with E-state index in [1.54, 1.807) is 6.07 Å². The van der Waals surface area contributed by atoms with Gasteiger partial charge in [0, 0.05) is 28.1 Å². The maximum absolute atomic E-state index is 13.2. The predicted octanol–water partition coefficient (Wildman–Crippen LogP) is 4.68. The minimum absolute atomic E-state index is 0.246. The average Bonchev–Trinajstić information content (AvgIpc) is 2.83. The summed E-state index contributed by atoms with van der Waals surface area (Å²) in [6.45, 7) is 0.645. The molecule has 2 aromatic carbocycles. The number of rotatable bonds is 3. The molecule has 0 saturated carbocycles. The second-order valence-corrected chi connectivity index (χ2v) is 5.19. The molecule has 0 spiro atoms. The number of hydrogen-bond donors (Lipinski definition) is 2. The van der Waals surface area contributed by atoms with Gasteiger partial charge in [0.25, 0.3) is 0 Å². The Morgan fingerprint density at radius 3 is 2.89 bits per heavy atom. The second-order valence-electron chi connectivity index (χ2n) is 4.34. The number of benzene rings is 2. The van der Waals surface area contributed by atoms with Gasteiger partial charge in [0.1, 0.15) is 5.82 Å². The highest BCUT2D eigenvalue weighted by molar-refractivity contribution is 9.10. The highest BCUT2D eigenvalue weighted by atomic mass is 79.9. The number of hydrogen-bond acceptors (Lipinski definition) is 1. The molecule has 0 aliphatic rings. The van der Waals surface area contributed by atoms with Gasteiger partial charge in [0.15, 0.2) is 0 Å². The molecule has 0 radical (unpaired) electrons. The van der Waals surface area contributed by atoms with E-state index in [9.17, 15) is 4.39 Å². The molecule has 0 aliphatic heterocycles. The number of fused-ring (bicyclic) bond motifs is 1. The van der Waals surface area contributed by atoms with Crippen LogP contribution in [0.15, 0.2) is 53.1 Å². The van der Waals surface area contributed by atoms with Crippen LogP contribution in [0.2, 0.25) is 0 Å². The van der Waals surface area contributed by atoms with Gasteiger partial charge in [-0.2, -0.15) is 0 Å². The van der Waals surface area contributed by atoms with Crippen LogP contribution in [0.3, 0.4) is 0 Å². The second kappa shape index (κ2) is 5.05. The van der Waals surface area contributed by atoms with Gasteiger partial charge in [-0.25, -0.2) is 4.39 Å². The molecule has 0 unspecified atom stereocenters. The van der Waals surface area contributed by atoms with Crippen molar-refractivity contribution in [2.75, 3.05) is 5.32 Å². The Bertz CT molecular complexity index is 721. The van der Waals surface area contributed by atoms with Crippen molar-refractivity contribution in [3.05, 3.63) is 64.5 Å². The van der Waals surface area contributed by atoms with Gasteiger partial charge in [0.05, 0.1) is 5.69 Å². The van der Waals surface area contributed by atoms with E-state index in [2.05, 4.69) is 32.3 Å². The zero-order chi connectivity index (χ0) is 13.2. The molecule has 3 rings (SSSR count). The van der Waals surface area contributed by atoms with Crippen molar-refractivity contribution in [2.24, 2.45) is 0 Å². The normalized spacial score (nSPS) is 10.8. The van der Waals surface area contributed by atoms with E-state index in [-0.39, 0.29) is 5.82 Å². The zero-order valence-corrected chi connectivity index (χ0v) is 11.7. The molecule has 4 heteroatoms. The Morgan fingerprint density at radius 1 is 1.16 bits per heavy atom. The lowest BCUT2D eigenvalue weighted by Gasteiger charge is -2.08. The van der Waals surface area contributed by atoms with Gasteiger partial charge in [-0.05, 0) is 45.8 Å². The molecule has 1 aromatic heterocycles. The quantitative estimate of drug-likeness (QED) is 0.721. The number of nitrogens with one attached hydrogen (secondary N) is 2. The molecule has 0 aliphatic carbocycles. The summed E-state index contributed by atoms with van der Waals surface area (Å²) < 4.78 is 14.1. The largest absolute Gasteiger partial charge is 0.380 e. The van der Waals surface area contributed by atoms with Crippen LogP contribution in [0.25, 0.3) is 10.9 Å². The first-order valence-electron chi connectivity index (χ1n) is 5.98. The Morgan fingerprint density at radius 2 is 2.00 bits per heavy atom. The van der Waals surface area contributed by atoms with Gasteiger partial charge in [0.2, 0.25) is 0 Å². The molecule has 0 fully saturated rings. The molecule has 96 valence electrons. The van der Waals surface area contributed by atoms with Gasteiger partial charge in [-0.1, -0.05) is 18.2 Å². The summed E-state index contributed by atoms with van der Waals surface area (Å²) in [5.74, 6) is -0.246. The summed E-state index contributed by atoms with van der Waals surface area (Å²) in [4.78, 5) is 3.22. The standard InChI is InChI=1S/C15H12BrFN2/c16-13-6-5-11(17)7-15(13)19-9-10-8-18-14-4-2-1-3-12(10)14/h1-8,18-19H,9H2. The number of aromatic nitrogens is 1. The molecule has 2 N–H and O–H groups in total. The molecule has 19 heavy (non-hydrogen) atoms. The first-order chi connectivity index (χ1) is 9.24. The maximum Gasteiger partial charge on any atom is 0.125 e. The summed E-state index contributed by atoms with van der Waals surface area (Å²) in [7, 11) is 0. The molecule has 2 nitrogen and oxygen atoms in total. The van der Waals surface area contributed by atoms with Crippen LogP contribution in [0.4, 0.5) is 10.1 Å². The van der Waals surface area contributed by atoms with Crippen molar-refractivity contribution in [3.8, 4) is 0 Å². The van der Waals surface area contributed by atoms with E-state index in [0.717, 1.165) is 21.2 Å². The third-order valence-electron chi connectivity index (χ3n) is 3.07. The fourth-order valence-electron chi connectivity index (χ4n) is 2.10. The van der Waals surface area contributed by atoms with Crippen LogP contribution in [0.5, 0.6) is 0 Å². The van der Waals surface area contributed by atoms with Crippen molar-refractivity contribution < 1.29 is 4.39 Å². The number of aromatic amines is 1. The Kier molecular flexibility index (Phi) is 3.25. The van der Waals surface area contributed by atoms with Crippen molar-refractivity contribution >= 4 is 32.5 Å². The van der Waals surface area contributed by atoms with E-state index in [1.165, 1.54) is 17.5 Å². The van der Waals surface area contributed by atoms with Crippen molar-refractivity contribution in [2.45, 2.75) is 6.54 Å². The smallest absolute Gasteiger partial charge is 0.125 e. The first-order valence-corrected chi connectivity index (χ1v) is 6.77. The lowest BCUT2D eigenvalue weighted by molar-refractivity contribution is 0.628. The molecule has 0 atom stereocenters. The molecule has 0 amide bonds. The van der Waals surface area contributed by atoms with Crippen molar-refractivity contribution in [1.29, 1.82) is 0 Å². The fourth-order valence-corrected chi connectivity index (χ4v) is 2.49. The minimum atomic E-state index is -0.246. The molecule has 0 saturated heterocycles. The van der Waals surface area contributed by atoms with Crippen LogP contribution >= 0.6 is 15.9 Å². The maximum atomic E-state index is 13.2. The highest BCUT2D eigenvalue weighted by Gasteiger charge is 2.05. The molecular formula is C15H12BrFN2. The number of H-pyrrole nitrogens is 1. The van der Waals surface area contributed by atoms with Gasteiger partial charge >= 0.3 is 0 Å². The summed E-state index contributed by atoms with van der Waals surface area (Å²) in [5, 5.41) is 4.42. The Balaban J connectivity index is 1.84. The zero-order valence-electron chi connectivity index (χ0n) is 10.1. The van der Waals surface area contributed by atoms with Gasteiger partial charge in [-0.3, -0.25) is 0 Å². The topological polar surface area (TPSA) is 27.8 Å². The third-order valence-corrected chi connectivity index (χ3v) is 3.76. The summed E-state index contributed by atoms with van der Waals surface area (Å²) in [6, 6.07) is 12.7. The first kappa shape index (κ1) is 12.2. The lowest BCUT2D eigenvalue weighted by Crippen LogP contribution is -1.99. The summed E-state index contributed by atoms with van der Waals surface area (Å²) in [6.07, 6.45) is 1.98. The van der Waals surface area contributed by atoms with Crippen LogP contribution < -0.4 is 5.32 Å². The van der Waals surface area contributed by atoms with E-state index in [4.69, 9.17) is 0 Å². The fraction of sp³-hybridized carbons (Fsp3) is 0.0667. The highest BCUT2D eigenvalue weighted by Crippen LogP contribution is 2.25. The number of halogens is 2. The van der Waals surface area contributed by atoms with Crippen LogP contribution in [-0.2, 0) is 6.54 Å². The minimum Gasteiger partial charge on any atom is -0.380 e. The van der Waals surface area contributed by atoms with E-state index < -0.39 is 0 Å². The Labute approximate surface area is 118 Å². The van der Waals surface area contributed by atoms with E-state index in [1.807, 2.05) is 24.4 Å². The van der Waals surface area contributed by atoms with Crippen LogP contribution in [-0.4, -0.2) is 4.98 Å². The van der Waals surface area contributed by atoms with Crippen LogP contribution in [0.1, 0.15) is 5.56 Å². The van der Waals surface area contributed by atoms with Crippen molar-refractivity contribution in [1.82, 2.24) is 4.98 Å². The van der Waals surface area contributed by atoms with Gasteiger partial charge < -0.3 is 10.3 Å². The molecule has 0 bridgehead atoms. The predicted molar refractivity (Wildman–Crippen MR) is 79.7 cm³/mol. The third kappa shape index (κ3) is 2.49. The molecular weight excluding hydrogens is 307 g/mol. The molecule has 3 aromatic rings. The molecule has 1 heterocycles. The van der Waals surface area contributed by atoms with E-state index in [0.29, 0.717) is 6.54 Å². The summed E-state index contributed by atoms with van der Waals surface area (Å²) >= 11 is 3.41. The summed E-state index contributed by atoms with van der Waals surface area (Å²) in [5.41, 5.74) is 3.02. The van der Waals surface area contributed by atoms with E-state index >= 15 is 0 Å². The number of para-hydroxylation sites is 1. The Hall–Kier alpha value is -1.81. The van der Waals surface area contributed by atoms with Crippen LogP contribution in [0, 0.1) is 5.82 Å². The lowest BCUT2D eigenvalue weighted by atomic mass is 10.2.